The van der Waals surface area contributed by atoms with Crippen molar-refractivity contribution in [1.82, 2.24) is 0 Å². The lowest BCUT2D eigenvalue weighted by atomic mass is 9.68. The van der Waals surface area contributed by atoms with Crippen molar-refractivity contribution in [3.63, 3.8) is 0 Å². The van der Waals surface area contributed by atoms with Crippen molar-refractivity contribution in [3.05, 3.63) is 235 Å². The Kier molecular flexibility index (Phi) is 7.35. The number of rotatable bonds is 6. The van der Waals surface area contributed by atoms with Crippen LogP contribution in [0.15, 0.2) is 217 Å². The molecule has 58 heavy (non-hydrogen) atoms. The first kappa shape index (κ1) is 33.0. The largest absolute Gasteiger partial charge is 0.454 e. The topological polar surface area (TPSA) is 16.4 Å². The van der Waals surface area contributed by atoms with Crippen LogP contribution in [0.4, 0.5) is 17.1 Å². The molecule has 0 unspecified atom stereocenters. The number of anilines is 3. The van der Waals surface area contributed by atoms with Gasteiger partial charge in [-0.1, -0.05) is 176 Å². The Balaban J connectivity index is 1.13. The zero-order valence-corrected chi connectivity index (χ0v) is 32.3. The van der Waals surface area contributed by atoms with Gasteiger partial charge in [-0.25, -0.2) is 0 Å². The van der Waals surface area contributed by atoms with E-state index in [2.05, 4.69) is 211 Å². The lowest BCUT2D eigenvalue weighted by Crippen LogP contribution is -2.28. The van der Waals surface area contributed by atoms with E-state index in [0.717, 1.165) is 39.0 Å². The molecule has 11 aromatic rings. The van der Waals surface area contributed by atoms with Gasteiger partial charge in [-0.3, -0.25) is 0 Å². The Labute approximate surface area is 340 Å². The van der Waals surface area contributed by atoms with Crippen LogP contribution in [-0.4, -0.2) is 0 Å². The third-order valence-electron chi connectivity index (χ3n) is 12.2. The summed E-state index contributed by atoms with van der Waals surface area (Å²) in [5.74, 6) is 0. The number of para-hydroxylation sites is 2. The third kappa shape index (κ3) is 4.71. The van der Waals surface area contributed by atoms with Gasteiger partial charge in [-0.15, -0.1) is 11.3 Å². The second-order valence-corrected chi connectivity index (χ2v) is 16.2. The van der Waals surface area contributed by atoms with E-state index in [4.69, 9.17) is 4.42 Å². The molecule has 0 bridgehead atoms. The van der Waals surface area contributed by atoms with E-state index >= 15 is 0 Å². The summed E-state index contributed by atoms with van der Waals surface area (Å²) in [7, 11) is 0. The Bertz CT molecular complexity index is 3300. The first-order valence-corrected chi connectivity index (χ1v) is 20.7. The molecule has 1 aliphatic carbocycles. The second kappa shape index (κ2) is 12.9. The van der Waals surface area contributed by atoms with Gasteiger partial charge in [0.2, 0.25) is 0 Å². The first-order chi connectivity index (χ1) is 28.8. The van der Waals surface area contributed by atoms with Gasteiger partial charge in [0.1, 0.15) is 5.58 Å². The van der Waals surface area contributed by atoms with Crippen LogP contribution in [0.1, 0.15) is 22.3 Å². The monoisotopic (exact) mass is 757 g/mol. The van der Waals surface area contributed by atoms with Crippen LogP contribution in [0.3, 0.4) is 0 Å². The lowest BCUT2D eigenvalue weighted by molar-refractivity contribution is 0.669. The smallest absolute Gasteiger partial charge is 0.159 e. The average molecular weight is 758 g/mol. The maximum absolute atomic E-state index is 6.81. The molecule has 0 N–H and O–H groups in total. The van der Waals surface area contributed by atoms with Crippen molar-refractivity contribution >= 4 is 70.5 Å². The van der Waals surface area contributed by atoms with Crippen molar-refractivity contribution < 1.29 is 4.42 Å². The molecule has 0 aliphatic heterocycles. The summed E-state index contributed by atoms with van der Waals surface area (Å²) in [5.41, 5.74) is 14.3. The Hall–Kier alpha value is -7.20. The normalized spacial score (nSPS) is 13.0. The predicted octanol–water partition coefficient (Wildman–Crippen LogP) is 15.5. The number of nitrogens with zero attached hydrogens (tertiary/aromatic N) is 1. The van der Waals surface area contributed by atoms with Crippen LogP contribution in [0, 0.1) is 0 Å². The summed E-state index contributed by atoms with van der Waals surface area (Å²) in [6, 6.07) is 77.4. The molecule has 0 saturated carbocycles. The maximum atomic E-state index is 6.81. The molecule has 0 amide bonds. The van der Waals surface area contributed by atoms with Gasteiger partial charge in [0, 0.05) is 42.2 Å². The molecule has 2 heterocycles. The number of fused-ring (bicyclic) bond motifs is 9. The molecule has 0 fully saturated rings. The van der Waals surface area contributed by atoms with Crippen LogP contribution in [-0.2, 0) is 5.41 Å². The molecular formula is C55H35NOS. The molecule has 9 aromatic carbocycles. The van der Waals surface area contributed by atoms with E-state index < -0.39 is 5.41 Å². The number of benzene rings is 9. The quantitative estimate of drug-likeness (QED) is 0.168. The summed E-state index contributed by atoms with van der Waals surface area (Å²) in [5, 5.41) is 4.83. The third-order valence-corrected chi connectivity index (χ3v) is 13.4. The van der Waals surface area contributed by atoms with E-state index in [0.29, 0.717) is 0 Å². The van der Waals surface area contributed by atoms with E-state index in [1.54, 1.807) is 0 Å². The Morgan fingerprint density at radius 3 is 1.81 bits per heavy atom. The van der Waals surface area contributed by atoms with E-state index in [1.165, 1.54) is 64.7 Å². The molecule has 12 rings (SSSR count). The van der Waals surface area contributed by atoms with Gasteiger partial charge in [-0.2, -0.15) is 0 Å². The predicted molar refractivity (Wildman–Crippen MR) is 244 cm³/mol. The average Bonchev–Trinajstić information content (AvgIpc) is 3.97. The Morgan fingerprint density at radius 2 is 1.00 bits per heavy atom. The van der Waals surface area contributed by atoms with Gasteiger partial charge in [0.25, 0.3) is 0 Å². The minimum absolute atomic E-state index is 0.520. The first-order valence-electron chi connectivity index (χ1n) is 19.8. The molecular weight excluding hydrogens is 723 g/mol. The highest BCUT2D eigenvalue weighted by Gasteiger charge is 2.47. The van der Waals surface area contributed by atoms with Crippen LogP contribution >= 0.6 is 11.3 Å². The summed E-state index contributed by atoms with van der Waals surface area (Å²) < 4.78 is 9.43. The van der Waals surface area contributed by atoms with Crippen molar-refractivity contribution in [2.45, 2.75) is 5.41 Å². The number of hydrogen-bond acceptors (Lipinski definition) is 3. The van der Waals surface area contributed by atoms with Gasteiger partial charge >= 0.3 is 0 Å². The molecule has 272 valence electrons. The molecule has 1 aliphatic rings. The summed E-state index contributed by atoms with van der Waals surface area (Å²) >= 11 is 1.87. The second-order valence-electron chi connectivity index (χ2n) is 15.1. The number of hydrogen-bond donors (Lipinski definition) is 0. The number of thiophene rings is 1. The van der Waals surface area contributed by atoms with Crippen molar-refractivity contribution in [2.24, 2.45) is 0 Å². The number of furan rings is 1. The highest BCUT2D eigenvalue weighted by molar-refractivity contribution is 7.26. The Morgan fingerprint density at radius 1 is 0.414 bits per heavy atom. The zero-order chi connectivity index (χ0) is 38.2. The molecule has 0 saturated heterocycles. The van der Waals surface area contributed by atoms with Gasteiger partial charge < -0.3 is 9.32 Å². The van der Waals surface area contributed by atoms with Crippen LogP contribution < -0.4 is 4.90 Å². The standard InChI is InChI=1S/C55H35NOS/c1-3-16-37(17-4-1)55(38-18-5-2-6-19-38)46-26-10-7-22-45(46)52-47(55)27-15-28-48(52)56(49-29-14-24-43-41-20-8-11-30-50(41)57-53(43)49)39-34-32-36(33-35-39)40-23-13-25-44-42-21-9-12-31-51(42)58-54(40)44/h1-35H. The zero-order valence-electron chi connectivity index (χ0n) is 31.5. The van der Waals surface area contributed by atoms with E-state index in [-0.39, 0.29) is 0 Å². The van der Waals surface area contributed by atoms with Gasteiger partial charge in [-0.05, 0) is 75.3 Å². The van der Waals surface area contributed by atoms with Crippen molar-refractivity contribution in [3.8, 4) is 22.3 Å². The van der Waals surface area contributed by atoms with Crippen LogP contribution in [0.2, 0.25) is 0 Å². The highest BCUT2D eigenvalue weighted by atomic mass is 32.1. The van der Waals surface area contributed by atoms with Crippen LogP contribution in [0.5, 0.6) is 0 Å². The van der Waals surface area contributed by atoms with Crippen LogP contribution in [0.25, 0.3) is 64.4 Å². The summed E-state index contributed by atoms with van der Waals surface area (Å²) in [6.07, 6.45) is 0. The molecule has 2 aromatic heterocycles. The summed E-state index contributed by atoms with van der Waals surface area (Å²) in [6.45, 7) is 0. The van der Waals surface area contributed by atoms with Crippen molar-refractivity contribution in [1.29, 1.82) is 0 Å². The fourth-order valence-corrected chi connectivity index (χ4v) is 11.0. The van der Waals surface area contributed by atoms with E-state index in [9.17, 15) is 0 Å². The summed E-state index contributed by atoms with van der Waals surface area (Å²) in [4.78, 5) is 2.43. The minimum Gasteiger partial charge on any atom is -0.454 e. The van der Waals surface area contributed by atoms with Crippen molar-refractivity contribution in [2.75, 3.05) is 4.90 Å². The molecule has 0 radical (unpaired) electrons. The molecule has 0 atom stereocenters. The van der Waals surface area contributed by atoms with E-state index in [1.807, 2.05) is 17.4 Å². The fourth-order valence-electron chi connectivity index (χ4n) is 9.74. The van der Waals surface area contributed by atoms with Gasteiger partial charge in [0.15, 0.2) is 5.58 Å². The lowest BCUT2D eigenvalue weighted by Gasteiger charge is -2.34. The molecule has 0 spiro atoms. The molecule has 2 nitrogen and oxygen atoms in total. The fraction of sp³-hybridized carbons (Fsp3) is 0.0182. The molecule has 3 heteroatoms. The maximum Gasteiger partial charge on any atom is 0.159 e. The minimum atomic E-state index is -0.520. The highest BCUT2D eigenvalue weighted by Crippen LogP contribution is 2.60. The SMILES string of the molecule is c1ccc(C2(c3ccccc3)c3ccccc3-c3c(N(c4ccc(-c5cccc6c5sc5ccccc56)cc4)c4cccc5c4oc4ccccc45)cccc32)cc1. The van der Waals surface area contributed by atoms with Gasteiger partial charge in [0.05, 0.1) is 16.8 Å².